The summed E-state index contributed by atoms with van der Waals surface area (Å²) >= 11 is 0. The van der Waals surface area contributed by atoms with Crippen LogP contribution in [0.5, 0.6) is 0 Å². The summed E-state index contributed by atoms with van der Waals surface area (Å²) in [7, 11) is 0. The molecular weight excluding hydrogens is 506 g/mol. The van der Waals surface area contributed by atoms with E-state index >= 15 is 0 Å². The van der Waals surface area contributed by atoms with E-state index in [0.29, 0.717) is 0 Å². The van der Waals surface area contributed by atoms with E-state index in [9.17, 15) is 5.11 Å². The molecular formula is C37H71NO3. The lowest BCUT2D eigenvalue weighted by atomic mass is 10.1. The van der Waals surface area contributed by atoms with E-state index in [1.807, 2.05) is 0 Å². The highest BCUT2D eigenvalue weighted by molar-refractivity contribution is 4.81. The second kappa shape index (κ2) is 30.8. The first kappa shape index (κ1) is 38.3. The predicted molar refractivity (Wildman–Crippen MR) is 179 cm³/mol. The van der Waals surface area contributed by atoms with Crippen molar-refractivity contribution < 1.29 is 14.6 Å². The standard InChI is InChI=1S/C37H71NO3/c1-3-5-7-9-11-13-15-16-17-18-19-20-22-24-26-28-33-41-37(34-38-31-29-30-36(38)35-39)40-32-27-25-23-21-14-12-10-8-6-4-2/h6,8,16-17,36-37,39H,3-5,7,9-15,18-35H2,1-2H3/b8-6-,17-16-/t36-,37?/m1/s1. The number of aliphatic hydroxyl groups excluding tert-OH is 1. The Morgan fingerprint density at radius 1 is 0.634 bits per heavy atom. The van der Waals surface area contributed by atoms with Gasteiger partial charge in [-0.3, -0.25) is 4.90 Å². The van der Waals surface area contributed by atoms with Gasteiger partial charge in [0, 0.05) is 25.8 Å². The van der Waals surface area contributed by atoms with Crippen LogP contribution in [-0.2, 0) is 9.47 Å². The molecule has 41 heavy (non-hydrogen) atoms. The molecule has 0 radical (unpaired) electrons. The Bertz CT molecular complexity index is 579. The first-order valence-electron chi connectivity index (χ1n) is 18.2. The van der Waals surface area contributed by atoms with Crippen molar-refractivity contribution in [2.75, 3.05) is 32.9 Å². The molecule has 4 nitrogen and oxygen atoms in total. The summed E-state index contributed by atoms with van der Waals surface area (Å²) in [5.41, 5.74) is 0. The zero-order valence-electron chi connectivity index (χ0n) is 27.7. The summed E-state index contributed by atoms with van der Waals surface area (Å²) in [5, 5.41) is 9.73. The van der Waals surface area contributed by atoms with Gasteiger partial charge in [-0.1, -0.05) is 122 Å². The molecule has 0 aromatic heterocycles. The van der Waals surface area contributed by atoms with Gasteiger partial charge in [0.2, 0.25) is 0 Å². The van der Waals surface area contributed by atoms with Crippen molar-refractivity contribution >= 4 is 0 Å². The van der Waals surface area contributed by atoms with Gasteiger partial charge in [0.15, 0.2) is 6.29 Å². The number of allylic oxidation sites excluding steroid dienone is 4. The molecule has 0 aromatic carbocycles. The van der Waals surface area contributed by atoms with Crippen molar-refractivity contribution in [3.05, 3.63) is 24.3 Å². The van der Waals surface area contributed by atoms with Gasteiger partial charge in [-0.2, -0.15) is 0 Å². The molecule has 4 heteroatoms. The van der Waals surface area contributed by atoms with Crippen molar-refractivity contribution in [2.45, 2.75) is 180 Å². The van der Waals surface area contributed by atoms with Gasteiger partial charge >= 0.3 is 0 Å². The van der Waals surface area contributed by atoms with Gasteiger partial charge < -0.3 is 14.6 Å². The molecule has 1 N–H and O–H groups in total. The van der Waals surface area contributed by atoms with E-state index in [-0.39, 0.29) is 18.9 Å². The highest BCUT2D eigenvalue weighted by Crippen LogP contribution is 2.18. The maximum atomic E-state index is 9.73. The van der Waals surface area contributed by atoms with Crippen LogP contribution in [0.4, 0.5) is 0 Å². The minimum absolute atomic E-state index is 0.157. The highest BCUT2D eigenvalue weighted by atomic mass is 16.7. The van der Waals surface area contributed by atoms with Gasteiger partial charge in [0.25, 0.3) is 0 Å². The van der Waals surface area contributed by atoms with Crippen molar-refractivity contribution in [3.63, 3.8) is 0 Å². The molecule has 0 saturated carbocycles. The minimum atomic E-state index is -0.157. The average Bonchev–Trinajstić information content (AvgIpc) is 3.44. The first-order valence-corrected chi connectivity index (χ1v) is 18.2. The molecule has 1 heterocycles. The van der Waals surface area contributed by atoms with Crippen LogP contribution in [0.25, 0.3) is 0 Å². The lowest BCUT2D eigenvalue weighted by Gasteiger charge is -2.28. The third kappa shape index (κ3) is 24.5. The molecule has 242 valence electrons. The average molecular weight is 578 g/mol. The number of rotatable bonds is 31. The molecule has 1 aliphatic rings. The van der Waals surface area contributed by atoms with Crippen LogP contribution in [0, 0.1) is 0 Å². The van der Waals surface area contributed by atoms with Crippen LogP contribution in [0.3, 0.4) is 0 Å². The fraction of sp³-hybridized carbons (Fsp3) is 0.892. The Hall–Kier alpha value is -0.680. The van der Waals surface area contributed by atoms with E-state index < -0.39 is 0 Å². The van der Waals surface area contributed by atoms with Gasteiger partial charge in [0.1, 0.15) is 0 Å². The Morgan fingerprint density at radius 2 is 1.10 bits per heavy atom. The second-order valence-corrected chi connectivity index (χ2v) is 12.4. The van der Waals surface area contributed by atoms with Gasteiger partial charge in [-0.05, 0) is 77.2 Å². The Morgan fingerprint density at radius 3 is 1.59 bits per heavy atom. The largest absolute Gasteiger partial charge is 0.395 e. The molecule has 1 unspecified atom stereocenters. The van der Waals surface area contributed by atoms with E-state index in [0.717, 1.165) is 52.0 Å². The van der Waals surface area contributed by atoms with Crippen LogP contribution >= 0.6 is 0 Å². The zero-order valence-corrected chi connectivity index (χ0v) is 27.7. The number of hydrogen-bond acceptors (Lipinski definition) is 4. The highest BCUT2D eigenvalue weighted by Gasteiger charge is 2.26. The van der Waals surface area contributed by atoms with E-state index in [1.54, 1.807) is 0 Å². The molecule has 0 amide bonds. The maximum Gasteiger partial charge on any atom is 0.170 e. The van der Waals surface area contributed by atoms with Crippen LogP contribution in [-0.4, -0.2) is 55.2 Å². The monoisotopic (exact) mass is 578 g/mol. The van der Waals surface area contributed by atoms with Crippen LogP contribution in [0.2, 0.25) is 0 Å². The lowest BCUT2D eigenvalue weighted by molar-refractivity contribution is -0.156. The molecule has 1 fully saturated rings. The van der Waals surface area contributed by atoms with Gasteiger partial charge in [-0.25, -0.2) is 0 Å². The number of hydrogen-bond donors (Lipinski definition) is 1. The number of nitrogens with zero attached hydrogens (tertiary/aromatic N) is 1. The van der Waals surface area contributed by atoms with Gasteiger partial charge in [-0.15, -0.1) is 0 Å². The van der Waals surface area contributed by atoms with Gasteiger partial charge in [0.05, 0.1) is 6.61 Å². The quantitative estimate of drug-likeness (QED) is 0.0505. The van der Waals surface area contributed by atoms with Crippen LogP contribution in [0.1, 0.15) is 168 Å². The lowest BCUT2D eigenvalue weighted by Crippen LogP contribution is -2.40. The minimum Gasteiger partial charge on any atom is -0.395 e. The van der Waals surface area contributed by atoms with E-state index in [4.69, 9.17) is 9.47 Å². The first-order chi connectivity index (χ1) is 20.3. The van der Waals surface area contributed by atoms with Crippen LogP contribution in [0.15, 0.2) is 24.3 Å². The number of unbranched alkanes of at least 4 members (excludes halogenated alkanes) is 18. The number of aliphatic hydroxyl groups is 1. The second-order valence-electron chi connectivity index (χ2n) is 12.4. The van der Waals surface area contributed by atoms with Crippen molar-refractivity contribution in [2.24, 2.45) is 0 Å². The fourth-order valence-electron chi connectivity index (χ4n) is 5.82. The fourth-order valence-corrected chi connectivity index (χ4v) is 5.82. The molecule has 1 aliphatic heterocycles. The summed E-state index contributed by atoms with van der Waals surface area (Å²) in [5.74, 6) is 0. The molecule has 2 atom stereocenters. The molecule has 1 saturated heterocycles. The molecule has 0 bridgehead atoms. The molecule has 0 spiro atoms. The smallest absolute Gasteiger partial charge is 0.170 e. The van der Waals surface area contributed by atoms with Crippen LogP contribution < -0.4 is 0 Å². The summed E-state index contributed by atoms with van der Waals surface area (Å²) in [6.07, 6.45) is 40.2. The summed E-state index contributed by atoms with van der Waals surface area (Å²) < 4.78 is 12.5. The normalized spacial score (nSPS) is 17.0. The topological polar surface area (TPSA) is 41.9 Å². The summed E-state index contributed by atoms with van der Waals surface area (Å²) in [6, 6.07) is 0.280. The predicted octanol–water partition coefficient (Wildman–Crippen LogP) is 10.5. The molecule has 0 aromatic rings. The molecule has 1 rings (SSSR count). The van der Waals surface area contributed by atoms with E-state index in [1.165, 1.54) is 128 Å². The summed E-state index contributed by atoms with van der Waals surface area (Å²) in [6.45, 7) is 8.15. The third-order valence-electron chi connectivity index (χ3n) is 8.52. The Balaban J connectivity index is 2.07. The van der Waals surface area contributed by atoms with Crippen molar-refractivity contribution in [3.8, 4) is 0 Å². The zero-order chi connectivity index (χ0) is 29.5. The Labute approximate surface area is 256 Å². The SMILES string of the molecule is CC/C=C\CCCCCCCCOC(CN1CCC[C@@H]1CO)OCCCCCCCC/C=C\CCCCCCCC. The summed E-state index contributed by atoms with van der Waals surface area (Å²) in [4.78, 5) is 2.37. The maximum absolute atomic E-state index is 9.73. The number of ether oxygens (including phenoxy) is 2. The molecule has 0 aliphatic carbocycles. The van der Waals surface area contributed by atoms with Crippen molar-refractivity contribution in [1.82, 2.24) is 4.90 Å². The Kier molecular flexibility index (Phi) is 28.8. The van der Waals surface area contributed by atoms with Crippen molar-refractivity contribution in [1.29, 1.82) is 0 Å². The van der Waals surface area contributed by atoms with E-state index in [2.05, 4.69) is 43.1 Å². The number of likely N-dealkylation sites (tertiary alicyclic amines) is 1. The third-order valence-corrected chi connectivity index (χ3v) is 8.52.